The third-order valence-corrected chi connectivity index (χ3v) is 3.20. The Morgan fingerprint density at radius 3 is 2.40 bits per heavy atom. The molecule has 0 saturated heterocycles. The molecule has 0 radical (unpaired) electrons. The minimum Gasteiger partial charge on any atom is -0.463 e. The molecule has 116 valence electrons. The molecule has 20 heavy (non-hydrogen) atoms. The summed E-state index contributed by atoms with van der Waals surface area (Å²) in [6, 6.07) is 0. The Morgan fingerprint density at radius 2 is 1.80 bits per heavy atom. The Morgan fingerprint density at radius 1 is 1.20 bits per heavy atom. The van der Waals surface area contributed by atoms with Crippen LogP contribution in [-0.2, 0) is 9.53 Å². The Kier molecular flexibility index (Phi) is 12.2. The molecule has 0 spiro atoms. The zero-order chi connectivity index (χ0) is 15.2. The molecule has 1 atom stereocenters. The van der Waals surface area contributed by atoms with Crippen LogP contribution in [0.1, 0.15) is 65.2 Å². The molecule has 0 heterocycles. The molecule has 0 bridgehead atoms. The summed E-state index contributed by atoms with van der Waals surface area (Å²) < 4.78 is 4.87. The summed E-state index contributed by atoms with van der Waals surface area (Å²) in [6.07, 6.45) is 11.9. The average molecular weight is 282 g/mol. The lowest BCUT2D eigenvalue weighted by atomic mass is 10.0. The summed E-state index contributed by atoms with van der Waals surface area (Å²) >= 11 is 0. The molecule has 0 aliphatic carbocycles. The second-order valence-electron chi connectivity index (χ2n) is 5.12. The van der Waals surface area contributed by atoms with Crippen LogP contribution in [0.2, 0.25) is 0 Å². The number of hydrogen-bond donors (Lipinski definition) is 1. The van der Waals surface area contributed by atoms with Gasteiger partial charge in [0.2, 0.25) is 0 Å². The number of carbonyl (C=O) groups is 1. The molecule has 0 saturated carbocycles. The highest BCUT2D eigenvalue weighted by Gasteiger charge is 2.07. The van der Waals surface area contributed by atoms with Gasteiger partial charge in [-0.25, -0.2) is 4.79 Å². The normalized spacial score (nSPS) is 13.1. The van der Waals surface area contributed by atoms with Crippen molar-refractivity contribution in [2.45, 2.75) is 71.3 Å². The molecule has 0 aromatic carbocycles. The Bertz CT molecular complexity index is 295. The van der Waals surface area contributed by atoms with Gasteiger partial charge in [0.05, 0.1) is 12.7 Å². The maximum absolute atomic E-state index is 11.4. The van der Waals surface area contributed by atoms with Crippen LogP contribution in [0.3, 0.4) is 0 Å². The minimum atomic E-state index is -0.542. The van der Waals surface area contributed by atoms with Gasteiger partial charge in [0.1, 0.15) is 0 Å². The van der Waals surface area contributed by atoms with Crippen molar-refractivity contribution in [3.63, 3.8) is 0 Å². The van der Waals surface area contributed by atoms with E-state index in [9.17, 15) is 9.90 Å². The second kappa shape index (κ2) is 12.9. The third-order valence-electron chi connectivity index (χ3n) is 3.20. The first-order valence-electron chi connectivity index (χ1n) is 7.76. The zero-order valence-electron chi connectivity index (χ0n) is 13.1. The van der Waals surface area contributed by atoms with Gasteiger partial charge in [0.15, 0.2) is 0 Å². The van der Waals surface area contributed by atoms with Gasteiger partial charge in [0.25, 0.3) is 0 Å². The molecule has 0 amide bonds. The van der Waals surface area contributed by atoms with E-state index in [1.807, 2.05) is 6.08 Å². The Hall–Kier alpha value is -1.09. The monoisotopic (exact) mass is 282 g/mol. The van der Waals surface area contributed by atoms with Crippen molar-refractivity contribution in [1.82, 2.24) is 0 Å². The van der Waals surface area contributed by atoms with E-state index in [-0.39, 0.29) is 5.97 Å². The highest BCUT2D eigenvalue weighted by molar-refractivity contribution is 5.87. The number of unbranched alkanes of at least 4 members (excludes halogenated alkanes) is 6. The Labute approximate surface area is 123 Å². The van der Waals surface area contributed by atoms with Gasteiger partial charge in [-0.2, -0.15) is 0 Å². The molecule has 3 nitrogen and oxygen atoms in total. The number of carbonyl (C=O) groups excluding carboxylic acids is 1. The van der Waals surface area contributed by atoms with Crippen LogP contribution in [-0.4, -0.2) is 23.8 Å². The van der Waals surface area contributed by atoms with Crippen molar-refractivity contribution in [2.24, 2.45) is 0 Å². The van der Waals surface area contributed by atoms with E-state index >= 15 is 0 Å². The molecule has 0 aliphatic heterocycles. The fraction of sp³-hybridized carbons (Fsp3) is 0.706. The third kappa shape index (κ3) is 10.8. The highest BCUT2D eigenvalue weighted by atomic mass is 16.5. The van der Waals surface area contributed by atoms with E-state index in [4.69, 9.17) is 4.74 Å². The Balaban J connectivity index is 3.62. The number of esters is 1. The van der Waals surface area contributed by atoms with Crippen molar-refractivity contribution in [3.05, 3.63) is 24.3 Å². The lowest BCUT2D eigenvalue weighted by molar-refractivity contribution is -0.138. The van der Waals surface area contributed by atoms with Gasteiger partial charge in [-0.3, -0.25) is 0 Å². The van der Waals surface area contributed by atoms with Crippen LogP contribution in [0.25, 0.3) is 0 Å². The van der Waals surface area contributed by atoms with Gasteiger partial charge in [-0.15, -0.1) is 6.58 Å². The minimum absolute atomic E-state index is 0.339. The largest absolute Gasteiger partial charge is 0.463 e. The zero-order valence-corrected chi connectivity index (χ0v) is 13.1. The van der Waals surface area contributed by atoms with Crippen LogP contribution >= 0.6 is 0 Å². The van der Waals surface area contributed by atoms with Crippen LogP contribution in [0, 0.1) is 0 Å². The van der Waals surface area contributed by atoms with E-state index in [1.54, 1.807) is 19.9 Å². The molecular weight excluding hydrogens is 252 g/mol. The summed E-state index contributed by atoms with van der Waals surface area (Å²) in [5, 5.41) is 9.81. The van der Waals surface area contributed by atoms with E-state index in [0.29, 0.717) is 18.6 Å². The summed E-state index contributed by atoms with van der Waals surface area (Å²) in [6.45, 7) is 7.53. The van der Waals surface area contributed by atoms with Crippen molar-refractivity contribution in [1.29, 1.82) is 0 Å². The standard InChI is InChI=1S/C17H30O3/c1-4-6-7-8-9-10-11-12-13-16(18)14-15(3)17(19)20-5-2/h4,14,16,18H,1,5-13H2,2-3H3. The molecule has 0 fully saturated rings. The molecule has 0 aromatic rings. The van der Waals surface area contributed by atoms with E-state index < -0.39 is 6.10 Å². The van der Waals surface area contributed by atoms with E-state index in [2.05, 4.69) is 6.58 Å². The van der Waals surface area contributed by atoms with Crippen LogP contribution in [0.4, 0.5) is 0 Å². The summed E-state index contributed by atoms with van der Waals surface area (Å²) in [5.41, 5.74) is 0.490. The first-order valence-corrected chi connectivity index (χ1v) is 7.76. The number of rotatable bonds is 12. The number of allylic oxidation sites excluding steroid dienone is 1. The maximum Gasteiger partial charge on any atom is 0.333 e. The summed E-state index contributed by atoms with van der Waals surface area (Å²) in [5.74, 6) is -0.339. The lowest BCUT2D eigenvalue weighted by Gasteiger charge is -2.07. The highest BCUT2D eigenvalue weighted by Crippen LogP contribution is 2.11. The fourth-order valence-corrected chi connectivity index (χ4v) is 2.03. The second-order valence-corrected chi connectivity index (χ2v) is 5.12. The molecule has 1 N–H and O–H groups in total. The summed E-state index contributed by atoms with van der Waals surface area (Å²) in [4.78, 5) is 11.4. The van der Waals surface area contributed by atoms with Crippen molar-refractivity contribution >= 4 is 5.97 Å². The van der Waals surface area contributed by atoms with Crippen molar-refractivity contribution < 1.29 is 14.6 Å². The average Bonchev–Trinajstić information content (AvgIpc) is 2.42. The molecule has 0 rings (SSSR count). The smallest absolute Gasteiger partial charge is 0.333 e. The molecule has 0 aromatic heterocycles. The van der Waals surface area contributed by atoms with Crippen LogP contribution < -0.4 is 0 Å². The van der Waals surface area contributed by atoms with Gasteiger partial charge in [-0.05, 0) is 39.2 Å². The SMILES string of the molecule is C=CCCCCCCCCC(O)C=C(C)C(=O)OCC. The molecule has 0 aliphatic rings. The predicted molar refractivity (Wildman–Crippen MR) is 83.5 cm³/mol. The number of aliphatic hydroxyl groups excluding tert-OH is 1. The first-order chi connectivity index (χ1) is 9.61. The fourth-order valence-electron chi connectivity index (χ4n) is 2.03. The van der Waals surface area contributed by atoms with Crippen molar-refractivity contribution in [2.75, 3.05) is 6.61 Å². The quantitative estimate of drug-likeness (QED) is 0.253. The number of ether oxygens (including phenoxy) is 1. The topological polar surface area (TPSA) is 46.5 Å². The maximum atomic E-state index is 11.4. The molecular formula is C17H30O3. The van der Waals surface area contributed by atoms with E-state index in [1.165, 1.54) is 25.7 Å². The lowest BCUT2D eigenvalue weighted by Crippen LogP contribution is -2.10. The molecule has 3 heteroatoms. The first kappa shape index (κ1) is 18.9. The number of aliphatic hydroxyl groups is 1. The van der Waals surface area contributed by atoms with Gasteiger partial charge in [-0.1, -0.05) is 38.2 Å². The number of hydrogen-bond acceptors (Lipinski definition) is 3. The summed E-state index contributed by atoms with van der Waals surface area (Å²) in [7, 11) is 0. The van der Waals surface area contributed by atoms with Gasteiger partial charge < -0.3 is 9.84 Å². The van der Waals surface area contributed by atoms with Crippen LogP contribution in [0.15, 0.2) is 24.3 Å². The predicted octanol–water partition coefficient (Wildman–Crippen LogP) is 4.16. The van der Waals surface area contributed by atoms with Gasteiger partial charge >= 0.3 is 5.97 Å². The van der Waals surface area contributed by atoms with Crippen LogP contribution in [0.5, 0.6) is 0 Å². The van der Waals surface area contributed by atoms with E-state index in [0.717, 1.165) is 19.3 Å². The van der Waals surface area contributed by atoms with Gasteiger partial charge in [0, 0.05) is 5.57 Å². The van der Waals surface area contributed by atoms with Crippen molar-refractivity contribution in [3.8, 4) is 0 Å². The molecule has 1 unspecified atom stereocenters.